The summed E-state index contributed by atoms with van der Waals surface area (Å²) in [7, 11) is 0. The van der Waals surface area contributed by atoms with E-state index < -0.39 is 0 Å². The number of rotatable bonds is 3. The van der Waals surface area contributed by atoms with E-state index in [0.29, 0.717) is 5.88 Å². The molecular formula is C10H18ClN3. The fraction of sp³-hybridized carbons (Fsp3) is 0.800. The van der Waals surface area contributed by atoms with Crippen LogP contribution in [0.25, 0.3) is 0 Å². The highest BCUT2D eigenvalue weighted by molar-refractivity contribution is 6.16. The molecule has 0 bridgehead atoms. The summed E-state index contributed by atoms with van der Waals surface area (Å²) in [5.41, 5.74) is 0.0342. The maximum absolute atomic E-state index is 5.81. The zero-order valence-electron chi connectivity index (χ0n) is 9.34. The second-order valence-electron chi connectivity index (χ2n) is 4.48. The van der Waals surface area contributed by atoms with Crippen LogP contribution in [0.3, 0.4) is 0 Å². The highest BCUT2D eigenvalue weighted by Crippen LogP contribution is 2.21. The smallest absolute Gasteiger partial charge is 0.147 e. The molecule has 0 N–H and O–H groups in total. The first-order valence-corrected chi connectivity index (χ1v) is 5.52. The van der Waals surface area contributed by atoms with Crippen LogP contribution in [-0.4, -0.2) is 14.8 Å². The van der Waals surface area contributed by atoms with Crippen LogP contribution in [0.4, 0.5) is 0 Å². The van der Waals surface area contributed by atoms with Crippen molar-refractivity contribution in [3.8, 4) is 0 Å². The van der Waals surface area contributed by atoms with E-state index in [1.807, 2.05) is 0 Å². The third-order valence-electron chi connectivity index (χ3n) is 2.06. The fourth-order valence-electron chi connectivity index (χ4n) is 1.45. The summed E-state index contributed by atoms with van der Waals surface area (Å²) in [6.45, 7) is 9.51. The lowest BCUT2D eigenvalue weighted by molar-refractivity contribution is 0.490. The number of hydrogen-bond acceptors (Lipinski definition) is 2. The van der Waals surface area contributed by atoms with Crippen molar-refractivity contribution in [1.82, 2.24) is 14.8 Å². The maximum atomic E-state index is 5.81. The van der Waals surface area contributed by atoms with E-state index >= 15 is 0 Å². The predicted molar refractivity (Wildman–Crippen MR) is 58.6 cm³/mol. The Morgan fingerprint density at radius 2 is 1.93 bits per heavy atom. The van der Waals surface area contributed by atoms with E-state index in [-0.39, 0.29) is 5.41 Å². The van der Waals surface area contributed by atoms with Crippen molar-refractivity contribution in [3.63, 3.8) is 0 Å². The summed E-state index contributed by atoms with van der Waals surface area (Å²) in [5.74, 6) is 2.33. The normalized spacial score (nSPS) is 12.1. The van der Waals surface area contributed by atoms with Gasteiger partial charge in [-0.15, -0.1) is 21.8 Å². The fourth-order valence-corrected chi connectivity index (χ4v) is 1.65. The van der Waals surface area contributed by atoms with Crippen molar-refractivity contribution < 1.29 is 0 Å². The molecule has 0 spiro atoms. The average Bonchev–Trinajstić information content (AvgIpc) is 2.47. The molecule has 0 saturated carbocycles. The highest BCUT2D eigenvalue weighted by atomic mass is 35.5. The molecule has 1 aromatic heterocycles. The van der Waals surface area contributed by atoms with Gasteiger partial charge in [0.2, 0.25) is 0 Å². The van der Waals surface area contributed by atoms with Crippen LogP contribution in [0, 0.1) is 0 Å². The van der Waals surface area contributed by atoms with E-state index in [1.165, 1.54) is 0 Å². The van der Waals surface area contributed by atoms with Crippen molar-refractivity contribution in [2.75, 3.05) is 0 Å². The monoisotopic (exact) mass is 215 g/mol. The minimum absolute atomic E-state index is 0.0342. The van der Waals surface area contributed by atoms with Crippen molar-refractivity contribution in [1.29, 1.82) is 0 Å². The Bertz CT molecular complexity index is 299. The minimum Gasteiger partial charge on any atom is -0.314 e. The molecule has 0 unspecified atom stereocenters. The van der Waals surface area contributed by atoms with Crippen LogP contribution in [0.5, 0.6) is 0 Å². The molecule has 1 rings (SSSR count). The highest BCUT2D eigenvalue weighted by Gasteiger charge is 2.22. The van der Waals surface area contributed by atoms with E-state index in [0.717, 1.165) is 24.6 Å². The number of halogens is 1. The van der Waals surface area contributed by atoms with Gasteiger partial charge in [-0.2, -0.15) is 0 Å². The Morgan fingerprint density at radius 1 is 1.29 bits per heavy atom. The summed E-state index contributed by atoms with van der Waals surface area (Å²) in [5, 5.41) is 8.31. The van der Waals surface area contributed by atoms with Crippen LogP contribution >= 0.6 is 11.6 Å². The first kappa shape index (κ1) is 11.5. The van der Waals surface area contributed by atoms with Gasteiger partial charge in [0, 0.05) is 12.0 Å². The molecule has 1 heterocycles. The number of hydrogen-bond donors (Lipinski definition) is 0. The molecule has 0 aromatic carbocycles. The van der Waals surface area contributed by atoms with Crippen LogP contribution in [0.15, 0.2) is 0 Å². The first-order valence-electron chi connectivity index (χ1n) is 4.99. The predicted octanol–water partition coefficient (Wildman–Crippen LogP) is 2.72. The second kappa shape index (κ2) is 4.30. The van der Waals surface area contributed by atoms with Gasteiger partial charge in [-0.05, 0) is 6.42 Å². The number of aromatic nitrogens is 3. The quantitative estimate of drug-likeness (QED) is 0.726. The van der Waals surface area contributed by atoms with Gasteiger partial charge < -0.3 is 4.57 Å². The Kier molecular flexibility index (Phi) is 3.53. The van der Waals surface area contributed by atoms with Crippen LogP contribution < -0.4 is 0 Å². The van der Waals surface area contributed by atoms with Gasteiger partial charge >= 0.3 is 0 Å². The van der Waals surface area contributed by atoms with E-state index in [1.54, 1.807) is 0 Å². The Morgan fingerprint density at radius 3 is 2.36 bits per heavy atom. The molecule has 4 heteroatoms. The standard InChI is InChI=1S/C10H18ClN3/c1-5-6-14-8(7-11)12-13-9(14)10(2,3)4/h5-7H2,1-4H3. The molecule has 0 radical (unpaired) electrons. The maximum Gasteiger partial charge on any atom is 0.147 e. The third kappa shape index (κ3) is 2.27. The van der Waals surface area contributed by atoms with Crippen molar-refractivity contribution in [3.05, 3.63) is 11.6 Å². The van der Waals surface area contributed by atoms with Gasteiger partial charge in [-0.3, -0.25) is 0 Å². The molecular weight excluding hydrogens is 198 g/mol. The molecule has 0 aliphatic rings. The zero-order chi connectivity index (χ0) is 10.8. The summed E-state index contributed by atoms with van der Waals surface area (Å²) in [6.07, 6.45) is 1.07. The molecule has 0 saturated heterocycles. The Balaban J connectivity index is 3.10. The molecule has 1 aromatic rings. The molecule has 80 valence electrons. The molecule has 0 amide bonds. The van der Waals surface area contributed by atoms with Gasteiger partial charge in [-0.25, -0.2) is 0 Å². The van der Waals surface area contributed by atoms with E-state index in [4.69, 9.17) is 11.6 Å². The summed E-state index contributed by atoms with van der Waals surface area (Å²) >= 11 is 5.81. The summed E-state index contributed by atoms with van der Waals surface area (Å²) < 4.78 is 2.13. The van der Waals surface area contributed by atoms with Gasteiger partial charge in [0.25, 0.3) is 0 Å². The van der Waals surface area contributed by atoms with Gasteiger partial charge in [0.15, 0.2) is 0 Å². The van der Waals surface area contributed by atoms with Crippen LogP contribution in [0.2, 0.25) is 0 Å². The van der Waals surface area contributed by atoms with Crippen molar-refractivity contribution in [2.45, 2.75) is 52.0 Å². The topological polar surface area (TPSA) is 30.7 Å². The lowest BCUT2D eigenvalue weighted by Gasteiger charge is -2.19. The van der Waals surface area contributed by atoms with Crippen molar-refractivity contribution in [2.24, 2.45) is 0 Å². The molecule has 3 nitrogen and oxygen atoms in total. The largest absolute Gasteiger partial charge is 0.314 e. The zero-order valence-corrected chi connectivity index (χ0v) is 10.1. The van der Waals surface area contributed by atoms with E-state index in [9.17, 15) is 0 Å². The Labute approximate surface area is 90.5 Å². The van der Waals surface area contributed by atoms with Gasteiger partial charge in [0.05, 0.1) is 5.88 Å². The SMILES string of the molecule is CCCn1c(CCl)nnc1C(C)(C)C. The molecule has 0 fully saturated rings. The van der Waals surface area contributed by atoms with Crippen molar-refractivity contribution >= 4 is 11.6 Å². The second-order valence-corrected chi connectivity index (χ2v) is 4.74. The van der Waals surface area contributed by atoms with E-state index in [2.05, 4.69) is 42.5 Å². The third-order valence-corrected chi connectivity index (χ3v) is 2.30. The number of alkyl halides is 1. The minimum atomic E-state index is 0.0342. The molecule has 0 aliphatic heterocycles. The summed E-state index contributed by atoms with van der Waals surface area (Å²) in [6, 6.07) is 0. The lowest BCUT2D eigenvalue weighted by Crippen LogP contribution is -2.20. The van der Waals surface area contributed by atoms with Crippen LogP contribution in [0.1, 0.15) is 45.8 Å². The molecule has 0 atom stereocenters. The van der Waals surface area contributed by atoms with Gasteiger partial charge in [-0.1, -0.05) is 27.7 Å². The average molecular weight is 216 g/mol. The first-order chi connectivity index (χ1) is 6.50. The van der Waals surface area contributed by atoms with Crippen LogP contribution in [-0.2, 0) is 17.8 Å². The Hall–Kier alpha value is -0.570. The number of nitrogens with zero attached hydrogens (tertiary/aromatic N) is 3. The molecule has 0 aliphatic carbocycles. The molecule has 14 heavy (non-hydrogen) atoms. The summed E-state index contributed by atoms with van der Waals surface area (Å²) in [4.78, 5) is 0. The lowest BCUT2D eigenvalue weighted by atomic mass is 9.95. The van der Waals surface area contributed by atoms with Gasteiger partial charge in [0.1, 0.15) is 11.6 Å².